The van der Waals surface area contributed by atoms with Gasteiger partial charge in [0, 0.05) is 6.54 Å². The molecule has 0 unspecified atom stereocenters. The van der Waals surface area contributed by atoms with E-state index in [0.717, 1.165) is 22.3 Å². The van der Waals surface area contributed by atoms with Crippen molar-refractivity contribution < 1.29 is 4.74 Å². The minimum atomic E-state index is 0.230. The van der Waals surface area contributed by atoms with Gasteiger partial charge in [0.05, 0.1) is 18.1 Å². The number of methoxy groups -OCH3 is 1. The number of anilines is 2. The second kappa shape index (κ2) is 7.13. The standard InChI is InChI=1S/C19H17ClN6O/c1-27-12-8-6-11(7-9-12)10-22-19-16(20)25-15(17(21)26-19)18-23-13-4-2-3-5-14(13)24-18/h2-9H,10H2,1H3,(H,23,24)(H3,21,22,26). The highest BCUT2D eigenvalue weighted by Gasteiger charge is 2.15. The van der Waals surface area contributed by atoms with E-state index in [1.165, 1.54) is 0 Å². The lowest BCUT2D eigenvalue weighted by Gasteiger charge is -2.10. The van der Waals surface area contributed by atoms with E-state index in [1.54, 1.807) is 7.11 Å². The average molecular weight is 381 g/mol. The van der Waals surface area contributed by atoms with Crippen molar-refractivity contribution >= 4 is 34.3 Å². The maximum absolute atomic E-state index is 6.31. The SMILES string of the molecule is COc1ccc(CNc2nc(N)c(-c3nc4ccccc4[nH]3)nc2Cl)cc1. The van der Waals surface area contributed by atoms with E-state index in [0.29, 0.717) is 23.9 Å². The number of ether oxygens (including phenoxy) is 1. The van der Waals surface area contributed by atoms with E-state index >= 15 is 0 Å². The Morgan fingerprint density at radius 3 is 2.59 bits per heavy atom. The molecular formula is C19H17ClN6O. The summed E-state index contributed by atoms with van der Waals surface area (Å²) in [7, 11) is 1.63. The molecule has 4 aromatic rings. The summed E-state index contributed by atoms with van der Waals surface area (Å²) in [5.41, 5.74) is 9.29. The van der Waals surface area contributed by atoms with Gasteiger partial charge in [-0.3, -0.25) is 0 Å². The highest BCUT2D eigenvalue weighted by Crippen LogP contribution is 2.28. The monoisotopic (exact) mass is 380 g/mol. The van der Waals surface area contributed by atoms with Crippen LogP contribution in [0.1, 0.15) is 5.56 Å². The largest absolute Gasteiger partial charge is 0.497 e. The summed E-state index contributed by atoms with van der Waals surface area (Å²) in [6.07, 6.45) is 0. The lowest BCUT2D eigenvalue weighted by molar-refractivity contribution is 0.414. The normalized spacial score (nSPS) is 10.9. The van der Waals surface area contributed by atoms with Gasteiger partial charge in [-0.2, -0.15) is 0 Å². The molecule has 4 rings (SSSR count). The summed E-state index contributed by atoms with van der Waals surface area (Å²) in [4.78, 5) is 16.4. The number of H-pyrrole nitrogens is 1. The Hall–Kier alpha value is -3.32. The van der Waals surface area contributed by atoms with Crippen LogP contribution in [-0.4, -0.2) is 27.0 Å². The molecule has 4 N–H and O–H groups in total. The number of rotatable bonds is 5. The number of nitrogens with one attached hydrogen (secondary N) is 2. The molecular weight excluding hydrogens is 364 g/mol. The second-order valence-electron chi connectivity index (χ2n) is 5.90. The van der Waals surface area contributed by atoms with Crippen LogP contribution < -0.4 is 15.8 Å². The summed E-state index contributed by atoms with van der Waals surface area (Å²) in [6.45, 7) is 0.530. The number of halogens is 1. The summed E-state index contributed by atoms with van der Waals surface area (Å²) >= 11 is 6.31. The molecule has 0 fully saturated rings. The van der Waals surface area contributed by atoms with Gasteiger partial charge in [-0.15, -0.1) is 0 Å². The number of imidazole rings is 1. The van der Waals surface area contributed by atoms with Crippen LogP contribution in [0.3, 0.4) is 0 Å². The molecule has 8 heteroatoms. The molecule has 0 spiro atoms. The van der Waals surface area contributed by atoms with Gasteiger partial charge in [0.1, 0.15) is 11.4 Å². The predicted molar refractivity (Wildman–Crippen MR) is 107 cm³/mol. The summed E-state index contributed by atoms with van der Waals surface area (Å²) in [6, 6.07) is 15.4. The highest BCUT2D eigenvalue weighted by atomic mass is 35.5. The van der Waals surface area contributed by atoms with Crippen molar-refractivity contribution in [2.75, 3.05) is 18.2 Å². The first-order chi connectivity index (χ1) is 13.1. The van der Waals surface area contributed by atoms with E-state index in [4.69, 9.17) is 22.1 Å². The molecule has 0 aliphatic carbocycles. The van der Waals surface area contributed by atoms with Crippen LogP contribution >= 0.6 is 11.6 Å². The zero-order valence-electron chi connectivity index (χ0n) is 14.5. The van der Waals surface area contributed by atoms with Crippen LogP contribution in [0.2, 0.25) is 5.15 Å². The number of benzene rings is 2. The predicted octanol–water partition coefficient (Wildman–Crippen LogP) is 3.88. The summed E-state index contributed by atoms with van der Waals surface area (Å²) < 4.78 is 5.15. The Morgan fingerprint density at radius 2 is 1.85 bits per heavy atom. The Balaban J connectivity index is 1.57. The quantitative estimate of drug-likeness (QED) is 0.485. The van der Waals surface area contributed by atoms with Crippen molar-refractivity contribution in [1.29, 1.82) is 0 Å². The smallest absolute Gasteiger partial charge is 0.172 e. The molecule has 136 valence electrons. The fourth-order valence-corrected chi connectivity index (χ4v) is 2.90. The van der Waals surface area contributed by atoms with Crippen molar-refractivity contribution in [3.8, 4) is 17.3 Å². The molecule has 0 aliphatic rings. The third-order valence-corrected chi connectivity index (χ3v) is 4.38. The number of hydrogen-bond acceptors (Lipinski definition) is 6. The lowest BCUT2D eigenvalue weighted by Crippen LogP contribution is -2.07. The number of fused-ring (bicyclic) bond motifs is 1. The molecule has 2 aromatic heterocycles. The third kappa shape index (κ3) is 3.50. The molecule has 0 aliphatic heterocycles. The second-order valence-corrected chi connectivity index (χ2v) is 6.26. The molecule has 7 nitrogen and oxygen atoms in total. The topological polar surface area (TPSA) is 102 Å². The maximum atomic E-state index is 6.31. The summed E-state index contributed by atoms with van der Waals surface area (Å²) in [5.74, 6) is 2.00. The van der Waals surface area contributed by atoms with Crippen LogP contribution in [0.5, 0.6) is 5.75 Å². The molecule has 0 radical (unpaired) electrons. The van der Waals surface area contributed by atoms with Crippen LogP contribution in [0.15, 0.2) is 48.5 Å². The van der Waals surface area contributed by atoms with Crippen molar-refractivity contribution in [3.05, 3.63) is 59.2 Å². The van der Waals surface area contributed by atoms with Gasteiger partial charge in [-0.1, -0.05) is 35.9 Å². The van der Waals surface area contributed by atoms with Gasteiger partial charge in [0.15, 0.2) is 22.6 Å². The van der Waals surface area contributed by atoms with Gasteiger partial charge in [0.2, 0.25) is 0 Å². The molecule has 2 heterocycles. The molecule has 27 heavy (non-hydrogen) atoms. The van der Waals surface area contributed by atoms with Crippen LogP contribution in [0.25, 0.3) is 22.6 Å². The van der Waals surface area contributed by atoms with Crippen molar-refractivity contribution in [2.45, 2.75) is 6.54 Å². The number of aromatic amines is 1. The van der Waals surface area contributed by atoms with Crippen LogP contribution in [0.4, 0.5) is 11.6 Å². The number of nitrogens with two attached hydrogens (primary N) is 1. The van der Waals surface area contributed by atoms with E-state index < -0.39 is 0 Å². The Bertz CT molecular complexity index is 1060. The number of para-hydroxylation sites is 2. The zero-order valence-corrected chi connectivity index (χ0v) is 15.3. The van der Waals surface area contributed by atoms with E-state index in [-0.39, 0.29) is 11.0 Å². The molecule has 0 amide bonds. The Labute approximate surface area is 160 Å². The first-order valence-corrected chi connectivity index (χ1v) is 8.67. The average Bonchev–Trinajstić information content (AvgIpc) is 3.12. The van der Waals surface area contributed by atoms with E-state index in [1.807, 2.05) is 48.5 Å². The zero-order chi connectivity index (χ0) is 18.8. The minimum Gasteiger partial charge on any atom is -0.497 e. The molecule has 0 saturated carbocycles. The lowest BCUT2D eigenvalue weighted by atomic mass is 10.2. The third-order valence-electron chi connectivity index (χ3n) is 4.11. The molecule has 0 saturated heterocycles. The molecule has 2 aromatic carbocycles. The minimum absolute atomic E-state index is 0.230. The van der Waals surface area contributed by atoms with Crippen LogP contribution in [0, 0.1) is 0 Å². The van der Waals surface area contributed by atoms with Gasteiger partial charge < -0.3 is 20.8 Å². The number of nitrogens with zero attached hydrogens (tertiary/aromatic N) is 3. The number of aromatic nitrogens is 4. The number of nitrogen functional groups attached to an aromatic ring is 1. The van der Waals surface area contributed by atoms with Crippen molar-refractivity contribution in [3.63, 3.8) is 0 Å². The number of hydrogen-bond donors (Lipinski definition) is 3. The Kier molecular flexibility index (Phi) is 4.52. The van der Waals surface area contributed by atoms with Gasteiger partial charge in [-0.25, -0.2) is 15.0 Å². The fourth-order valence-electron chi connectivity index (χ4n) is 2.71. The van der Waals surface area contributed by atoms with Gasteiger partial charge in [-0.05, 0) is 29.8 Å². The Morgan fingerprint density at radius 1 is 1.07 bits per heavy atom. The van der Waals surface area contributed by atoms with Gasteiger partial charge >= 0.3 is 0 Å². The maximum Gasteiger partial charge on any atom is 0.172 e. The fraction of sp³-hybridized carbons (Fsp3) is 0.105. The van der Waals surface area contributed by atoms with E-state index in [2.05, 4.69) is 25.3 Å². The summed E-state index contributed by atoms with van der Waals surface area (Å²) in [5, 5.41) is 3.39. The highest BCUT2D eigenvalue weighted by molar-refractivity contribution is 6.31. The van der Waals surface area contributed by atoms with Crippen molar-refractivity contribution in [1.82, 2.24) is 19.9 Å². The first kappa shape index (κ1) is 17.1. The van der Waals surface area contributed by atoms with Gasteiger partial charge in [0.25, 0.3) is 0 Å². The molecule has 0 atom stereocenters. The van der Waals surface area contributed by atoms with Crippen molar-refractivity contribution in [2.24, 2.45) is 0 Å². The van der Waals surface area contributed by atoms with E-state index in [9.17, 15) is 0 Å². The van der Waals surface area contributed by atoms with Crippen LogP contribution in [-0.2, 0) is 6.54 Å². The molecule has 0 bridgehead atoms. The first-order valence-electron chi connectivity index (χ1n) is 8.29.